The van der Waals surface area contributed by atoms with Gasteiger partial charge in [-0.3, -0.25) is 0 Å². The van der Waals surface area contributed by atoms with E-state index >= 15 is 0 Å². The number of rotatable bonds is 3. The molecule has 0 amide bonds. The second kappa shape index (κ2) is 5.01. The lowest BCUT2D eigenvalue weighted by Gasteiger charge is -2.03. The molecule has 3 rings (SSSR count). The zero-order valence-corrected chi connectivity index (χ0v) is 10.5. The fourth-order valence-electron chi connectivity index (χ4n) is 2.04. The molecule has 98 valence electrons. The van der Waals surface area contributed by atoms with Gasteiger partial charge >= 0.3 is 5.97 Å². The van der Waals surface area contributed by atoms with E-state index in [1.165, 1.54) is 6.20 Å². The van der Waals surface area contributed by atoms with Gasteiger partial charge in [0.25, 0.3) is 0 Å². The van der Waals surface area contributed by atoms with Gasteiger partial charge in [-0.1, -0.05) is 59.8 Å². The summed E-state index contributed by atoms with van der Waals surface area (Å²) in [6, 6.07) is 17.5. The van der Waals surface area contributed by atoms with E-state index in [0.717, 1.165) is 11.1 Å². The molecule has 1 N–H and O–H groups in total. The molecule has 0 bridgehead atoms. The van der Waals surface area contributed by atoms with E-state index in [1.54, 1.807) is 0 Å². The Kier molecular flexibility index (Phi) is 3.05. The van der Waals surface area contributed by atoms with Crippen molar-refractivity contribution in [2.75, 3.05) is 0 Å². The predicted octanol–water partition coefficient (Wildman–Crippen LogP) is 3.71. The Morgan fingerprint density at radius 1 is 0.900 bits per heavy atom. The van der Waals surface area contributed by atoms with Gasteiger partial charge in [0.15, 0.2) is 5.76 Å². The minimum Gasteiger partial charge on any atom is -0.477 e. The fourth-order valence-corrected chi connectivity index (χ4v) is 2.04. The van der Waals surface area contributed by atoms with Crippen LogP contribution in [0.2, 0.25) is 0 Å². The summed E-state index contributed by atoms with van der Waals surface area (Å²) in [5, 5.41) is 12.6. The molecule has 0 atom stereocenters. The monoisotopic (exact) mass is 265 g/mol. The predicted molar refractivity (Wildman–Crippen MR) is 74.3 cm³/mol. The van der Waals surface area contributed by atoms with Crippen LogP contribution < -0.4 is 0 Å². The highest BCUT2D eigenvalue weighted by molar-refractivity contribution is 5.94. The number of carboxylic acids is 1. The Hall–Kier alpha value is -2.88. The Labute approximate surface area is 115 Å². The third kappa shape index (κ3) is 2.19. The molecule has 0 unspecified atom stereocenters. The van der Waals surface area contributed by atoms with E-state index < -0.39 is 5.97 Å². The summed E-state index contributed by atoms with van der Waals surface area (Å²) in [4.78, 5) is 11.0. The minimum atomic E-state index is -1.05. The third-order valence-electron chi connectivity index (χ3n) is 3.06. The average molecular weight is 265 g/mol. The second-order valence-electron chi connectivity index (χ2n) is 4.32. The third-order valence-corrected chi connectivity index (χ3v) is 3.06. The van der Waals surface area contributed by atoms with Gasteiger partial charge in [0.05, 0.1) is 6.20 Å². The molecule has 0 aliphatic rings. The van der Waals surface area contributed by atoms with Crippen molar-refractivity contribution in [3.8, 4) is 22.5 Å². The van der Waals surface area contributed by atoms with E-state index in [0.29, 0.717) is 5.56 Å². The van der Waals surface area contributed by atoms with Gasteiger partial charge in [-0.25, -0.2) is 4.79 Å². The first kappa shape index (κ1) is 12.2. The number of carboxylic acid groups (broad SMARTS) is 1. The highest BCUT2D eigenvalue weighted by Crippen LogP contribution is 2.27. The smallest absolute Gasteiger partial charge is 0.341 e. The number of carbonyl (C=O) groups is 1. The van der Waals surface area contributed by atoms with Crippen LogP contribution in [0.1, 0.15) is 10.4 Å². The van der Waals surface area contributed by atoms with Crippen LogP contribution in [0.15, 0.2) is 65.3 Å². The number of hydrogen-bond acceptors (Lipinski definition) is 3. The van der Waals surface area contributed by atoms with Crippen molar-refractivity contribution in [2.24, 2.45) is 0 Å². The van der Waals surface area contributed by atoms with Gasteiger partial charge in [0.1, 0.15) is 5.56 Å². The highest BCUT2D eigenvalue weighted by atomic mass is 16.5. The van der Waals surface area contributed by atoms with Crippen molar-refractivity contribution in [3.63, 3.8) is 0 Å². The molecule has 3 aromatic rings. The van der Waals surface area contributed by atoms with Crippen LogP contribution in [0.3, 0.4) is 0 Å². The lowest BCUT2D eigenvalue weighted by molar-refractivity contribution is 0.0697. The Morgan fingerprint density at radius 2 is 1.50 bits per heavy atom. The van der Waals surface area contributed by atoms with Crippen molar-refractivity contribution in [2.45, 2.75) is 0 Å². The van der Waals surface area contributed by atoms with Crippen LogP contribution in [-0.4, -0.2) is 16.2 Å². The summed E-state index contributed by atoms with van der Waals surface area (Å²) in [5.74, 6) is -0.773. The van der Waals surface area contributed by atoms with Crippen molar-refractivity contribution in [1.82, 2.24) is 5.16 Å². The molecule has 1 heterocycles. The van der Waals surface area contributed by atoms with E-state index in [9.17, 15) is 4.79 Å². The van der Waals surface area contributed by atoms with Crippen molar-refractivity contribution >= 4 is 5.97 Å². The first-order valence-corrected chi connectivity index (χ1v) is 6.09. The molecule has 0 saturated carbocycles. The average Bonchev–Trinajstić information content (AvgIpc) is 2.98. The van der Waals surface area contributed by atoms with Gasteiger partial charge in [0.2, 0.25) is 0 Å². The van der Waals surface area contributed by atoms with Gasteiger partial charge in [-0.15, -0.1) is 0 Å². The molecular formula is C16H11NO3. The summed E-state index contributed by atoms with van der Waals surface area (Å²) in [7, 11) is 0. The van der Waals surface area contributed by atoms with E-state index in [1.807, 2.05) is 54.6 Å². The Balaban J connectivity index is 1.98. The van der Waals surface area contributed by atoms with Crippen molar-refractivity contribution in [3.05, 3.63) is 66.4 Å². The van der Waals surface area contributed by atoms with Gasteiger partial charge in [-0.2, -0.15) is 0 Å². The normalized spacial score (nSPS) is 10.4. The van der Waals surface area contributed by atoms with Gasteiger partial charge in [0, 0.05) is 5.56 Å². The number of hydrogen-bond donors (Lipinski definition) is 1. The summed E-state index contributed by atoms with van der Waals surface area (Å²) < 4.78 is 5.03. The van der Waals surface area contributed by atoms with Crippen LogP contribution in [-0.2, 0) is 0 Å². The maximum atomic E-state index is 11.0. The SMILES string of the molecule is O=C(O)c1cnoc1-c1ccc(-c2ccccc2)cc1. The number of nitrogens with zero attached hydrogens (tertiary/aromatic N) is 1. The quantitative estimate of drug-likeness (QED) is 0.784. The molecule has 20 heavy (non-hydrogen) atoms. The molecular weight excluding hydrogens is 254 g/mol. The summed E-state index contributed by atoms with van der Waals surface area (Å²) >= 11 is 0. The lowest BCUT2D eigenvalue weighted by Crippen LogP contribution is -1.95. The Morgan fingerprint density at radius 3 is 2.15 bits per heavy atom. The molecule has 0 radical (unpaired) electrons. The van der Waals surface area contributed by atoms with Crippen LogP contribution in [0.5, 0.6) is 0 Å². The fraction of sp³-hybridized carbons (Fsp3) is 0. The van der Waals surface area contributed by atoms with Gasteiger partial charge in [-0.05, 0) is 11.1 Å². The van der Waals surface area contributed by atoms with Crippen LogP contribution in [0.4, 0.5) is 0 Å². The standard InChI is InChI=1S/C16H11NO3/c18-16(19)14-10-17-20-15(14)13-8-6-12(7-9-13)11-4-2-1-3-5-11/h1-10H,(H,18,19). The molecule has 0 saturated heterocycles. The number of aromatic carboxylic acids is 1. The molecule has 2 aromatic carbocycles. The topological polar surface area (TPSA) is 63.3 Å². The highest BCUT2D eigenvalue weighted by Gasteiger charge is 2.16. The van der Waals surface area contributed by atoms with E-state index in [4.69, 9.17) is 9.63 Å². The first-order chi connectivity index (χ1) is 9.75. The summed E-state index contributed by atoms with van der Waals surface area (Å²) in [6.07, 6.45) is 1.21. The van der Waals surface area contributed by atoms with Crippen LogP contribution in [0.25, 0.3) is 22.5 Å². The molecule has 0 aliphatic heterocycles. The largest absolute Gasteiger partial charge is 0.477 e. The molecule has 0 fully saturated rings. The molecule has 0 spiro atoms. The molecule has 0 aliphatic carbocycles. The number of benzene rings is 2. The molecule has 1 aromatic heterocycles. The summed E-state index contributed by atoms with van der Waals surface area (Å²) in [5.41, 5.74) is 2.93. The van der Waals surface area contributed by atoms with Crippen molar-refractivity contribution < 1.29 is 14.4 Å². The van der Waals surface area contributed by atoms with Crippen LogP contribution in [0, 0.1) is 0 Å². The van der Waals surface area contributed by atoms with Crippen molar-refractivity contribution in [1.29, 1.82) is 0 Å². The molecule has 4 heteroatoms. The van der Waals surface area contributed by atoms with Gasteiger partial charge < -0.3 is 9.63 Å². The van der Waals surface area contributed by atoms with E-state index in [-0.39, 0.29) is 11.3 Å². The molecule has 4 nitrogen and oxygen atoms in total. The van der Waals surface area contributed by atoms with E-state index in [2.05, 4.69) is 5.16 Å². The summed E-state index contributed by atoms with van der Waals surface area (Å²) in [6.45, 7) is 0. The van der Waals surface area contributed by atoms with Crippen LogP contribution >= 0.6 is 0 Å². The number of aromatic nitrogens is 1. The first-order valence-electron chi connectivity index (χ1n) is 6.09. The lowest BCUT2D eigenvalue weighted by atomic mass is 10.0. The zero-order valence-electron chi connectivity index (χ0n) is 10.5. The Bertz CT molecular complexity index is 730. The minimum absolute atomic E-state index is 0.0671. The maximum Gasteiger partial charge on any atom is 0.341 e. The second-order valence-corrected chi connectivity index (χ2v) is 4.32. The zero-order chi connectivity index (χ0) is 13.9. The maximum absolute atomic E-state index is 11.0.